The van der Waals surface area contributed by atoms with Crippen molar-refractivity contribution in [3.05, 3.63) is 64.7 Å². The Labute approximate surface area is 135 Å². The molecular formula is C19H21BrO. The minimum Gasteiger partial charge on any atom is -0.492 e. The second kappa shape index (κ2) is 5.49. The maximum absolute atomic E-state index is 5.77. The van der Waals surface area contributed by atoms with Crippen LogP contribution in [0.1, 0.15) is 47.9 Å². The highest BCUT2D eigenvalue weighted by atomic mass is 79.9. The molecule has 1 aliphatic heterocycles. The molecule has 1 aliphatic rings. The summed E-state index contributed by atoms with van der Waals surface area (Å²) in [4.78, 5) is 0.227. The minimum atomic E-state index is 0.101. The molecule has 1 nitrogen and oxygen atoms in total. The molecule has 3 rings (SSSR count). The third kappa shape index (κ3) is 2.74. The van der Waals surface area contributed by atoms with Crippen LogP contribution in [0.4, 0.5) is 0 Å². The van der Waals surface area contributed by atoms with Gasteiger partial charge in [0.15, 0.2) is 0 Å². The number of rotatable bonds is 3. The number of alkyl halides is 1. The predicted octanol–water partition coefficient (Wildman–Crippen LogP) is 5.40. The quantitative estimate of drug-likeness (QED) is 0.677. The zero-order valence-corrected chi connectivity index (χ0v) is 14.4. The lowest BCUT2D eigenvalue weighted by atomic mass is 9.85. The van der Waals surface area contributed by atoms with Crippen LogP contribution in [-0.4, -0.2) is 6.61 Å². The first-order valence-corrected chi connectivity index (χ1v) is 8.43. The lowest BCUT2D eigenvalue weighted by Gasteiger charge is -2.18. The Balaban J connectivity index is 1.93. The molecule has 1 unspecified atom stereocenters. The number of fused-ring (bicyclic) bond motifs is 1. The van der Waals surface area contributed by atoms with Crippen LogP contribution in [0.5, 0.6) is 5.75 Å². The molecule has 0 fully saturated rings. The molecule has 0 radical (unpaired) electrons. The Morgan fingerprint density at radius 2 is 1.76 bits per heavy atom. The predicted molar refractivity (Wildman–Crippen MR) is 91.6 cm³/mol. The number of ether oxygens (including phenoxy) is 1. The summed E-state index contributed by atoms with van der Waals surface area (Å²) < 4.78 is 5.77. The second-order valence-corrected chi connectivity index (χ2v) is 7.30. The average Bonchev–Trinajstić information content (AvgIpc) is 2.82. The Morgan fingerprint density at radius 3 is 2.43 bits per heavy atom. The molecule has 2 heteroatoms. The summed E-state index contributed by atoms with van der Waals surface area (Å²) in [5.74, 6) is 1.03. The van der Waals surface area contributed by atoms with E-state index in [1.165, 1.54) is 22.3 Å². The Morgan fingerprint density at radius 1 is 1.10 bits per heavy atom. The lowest BCUT2D eigenvalue weighted by molar-refractivity contribution is 0.291. The van der Waals surface area contributed by atoms with E-state index in [1.807, 2.05) is 0 Å². The van der Waals surface area contributed by atoms with Gasteiger partial charge in [-0.2, -0.15) is 0 Å². The molecular weight excluding hydrogens is 324 g/mol. The summed E-state index contributed by atoms with van der Waals surface area (Å²) in [7, 11) is 0. The summed E-state index contributed by atoms with van der Waals surface area (Å²) >= 11 is 3.85. The van der Waals surface area contributed by atoms with Crippen LogP contribution >= 0.6 is 15.9 Å². The SMILES string of the molecule is CCc1ccc(C(Br)c2ccc3c(c2)C(C)(C)CO3)cc1. The van der Waals surface area contributed by atoms with Gasteiger partial charge >= 0.3 is 0 Å². The average molecular weight is 345 g/mol. The Hall–Kier alpha value is -1.28. The Bertz CT molecular complexity index is 643. The summed E-state index contributed by atoms with van der Waals surface area (Å²) in [6, 6.07) is 15.4. The van der Waals surface area contributed by atoms with Gasteiger partial charge in [-0.15, -0.1) is 0 Å². The van der Waals surface area contributed by atoms with E-state index >= 15 is 0 Å². The summed E-state index contributed by atoms with van der Waals surface area (Å²) in [6.07, 6.45) is 1.08. The number of aryl methyl sites for hydroxylation is 1. The smallest absolute Gasteiger partial charge is 0.123 e. The van der Waals surface area contributed by atoms with E-state index in [9.17, 15) is 0 Å². The van der Waals surface area contributed by atoms with Gasteiger partial charge in [0.05, 0.1) is 11.4 Å². The van der Waals surface area contributed by atoms with Crippen molar-refractivity contribution in [2.75, 3.05) is 6.61 Å². The fourth-order valence-electron chi connectivity index (χ4n) is 2.81. The van der Waals surface area contributed by atoms with Crippen LogP contribution < -0.4 is 4.74 Å². The van der Waals surface area contributed by atoms with Crippen LogP contribution in [0.25, 0.3) is 0 Å². The second-order valence-electron chi connectivity index (χ2n) is 6.39. The van der Waals surface area contributed by atoms with Gasteiger partial charge in [0.1, 0.15) is 5.75 Å². The van der Waals surface area contributed by atoms with Crippen LogP contribution in [0, 0.1) is 0 Å². The largest absolute Gasteiger partial charge is 0.492 e. The fourth-order valence-corrected chi connectivity index (χ4v) is 3.40. The molecule has 1 heterocycles. The van der Waals surface area contributed by atoms with Gasteiger partial charge in [-0.25, -0.2) is 0 Å². The molecule has 0 saturated heterocycles. The van der Waals surface area contributed by atoms with Gasteiger partial charge < -0.3 is 4.74 Å². The van der Waals surface area contributed by atoms with Gasteiger partial charge in [0.25, 0.3) is 0 Å². The van der Waals surface area contributed by atoms with Gasteiger partial charge in [0.2, 0.25) is 0 Å². The molecule has 0 N–H and O–H groups in total. The normalized spacial score (nSPS) is 17.1. The van der Waals surface area contributed by atoms with Crippen molar-refractivity contribution in [3.63, 3.8) is 0 Å². The third-order valence-corrected chi connectivity index (χ3v) is 5.35. The van der Waals surface area contributed by atoms with E-state index in [2.05, 4.69) is 79.2 Å². The summed E-state index contributed by atoms with van der Waals surface area (Å²) in [5.41, 5.74) is 5.38. The molecule has 0 aromatic heterocycles. The van der Waals surface area contributed by atoms with Crippen molar-refractivity contribution in [2.24, 2.45) is 0 Å². The minimum absolute atomic E-state index is 0.101. The van der Waals surface area contributed by atoms with E-state index in [4.69, 9.17) is 4.74 Å². The zero-order chi connectivity index (χ0) is 15.0. The van der Waals surface area contributed by atoms with Crippen LogP contribution in [-0.2, 0) is 11.8 Å². The molecule has 2 aromatic carbocycles. The van der Waals surface area contributed by atoms with Crippen molar-refractivity contribution in [2.45, 2.75) is 37.4 Å². The summed E-state index contributed by atoms with van der Waals surface area (Å²) in [6.45, 7) is 7.43. The van der Waals surface area contributed by atoms with Crippen molar-refractivity contribution in [1.29, 1.82) is 0 Å². The first kappa shape index (κ1) is 14.6. The molecule has 0 amide bonds. The van der Waals surface area contributed by atoms with Gasteiger partial charge in [-0.05, 0) is 35.2 Å². The number of hydrogen-bond donors (Lipinski definition) is 0. The molecule has 1 atom stereocenters. The molecule has 0 bridgehead atoms. The lowest BCUT2D eigenvalue weighted by Crippen LogP contribution is -2.18. The van der Waals surface area contributed by atoms with E-state index < -0.39 is 0 Å². The molecule has 0 aliphatic carbocycles. The van der Waals surface area contributed by atoms with Crippen molar-refractivity contribution >= 4 is 15.9 Å². The van der Waals surface area contributed by atoms with E-state index in [0.717, 1.165) is 18.8 Å². The zero-order valence-electron chi connectivity index (χ0n) is 12.8. The van der Waals surface area contributed by atoms with Crippen molar-refractivity contribution in [3.8, 4) is 5.75 Å². The summed E-state index contributed by atoms with van der Waals surface area (Å²) in [5, 5.41) is 0. The highest BCUT2D eigenvalue weighted by Crippen LogP contribution is 2.41. The monoisotopic (exact) mass is 344 g/mol. The fraction of sp³-hybridized carbons (Fsp3) is 0.368. The number of hydrogen-bond acceptors (Lipinski definition) is 1. The maximum Gasteiger partial charge on any atom is 0.123 e. The highest BCUT2D eigenvalue weighted by Gasteiger charge is 2.32. The van der Waals surface area contributed by atoms with Gasteiger partial charge in [-0.1, -0.05) is 67.0 Å². The van der Waals surface area contributed by atoms with Crippen LogP contribution in [0.2, 0.25) is 0 Å². The van der Waals surface area contributed by atoms with Crippen molar-refractivity contribution < 1.29 is 4.74 Å². The van der Waals surface area contributed by atoms with E-state index in [1.54, 1.807) is 0 Å². The van der Waals surface area contributed by atoms with Gasteiger partial charge in [0, 0.05) is 11.0 Å². The van der Waals surface area contributed by atoms with Crippen LogP contribution in [0.3, 0.4) is 0 Å². The molecule has 2 aromatic rings. The topological polar surface area (TPSA) is 9.23 Å². The molecule has 0 spiro atoms. The van der Waals surface area contributed by atoms with E-state index in [0.29, 0.717) is 0 Å². The standard InChI is InChI=1S/C19H21BrO/c1-4-13-5-7-14(8-6-13)18(20)15-9-10-17-16(11-15)19(2,3)12-21-17/h5-11,18H,4,12H2,1-3H3. The number of halogens is 1. The van der Waals surface area contributed by atoms with E-state index in [-0.39, 0.29) is 10.2 Å². The first-order valence-electron chi connectivity index (χ1n) is 7.51. The van der Waals surface area contributed by atoms with Crippen molar-refractivity contribution in [1.82, 2.24) is 0 Å². The molecule has 0 saturated carbocycles. The molecule has 110 valence electrons. The number of benzene rings is 2. The maximum atomic E-state index is 5.77. The van der Waals surface area contributed by atoms with Crippen LogP contribution in [0.15, 0.2) is 42.5 Å². The first-order chi connectivity index (χ1) is 10.0. The Kier molecular flexibility index (Phi) is 3.83. The highest BCUT2D eigenvalue weighted by molar-refractivity contribution is 9.09. The van der Waals surface area contributed by atoms with Gasteiger partial charge in [-0.3, -0.25) is 0 Å². The molecule has 21 heavy (non-hydrogen) atoms. The third-order valence-electron chi connectivity index (χ3n) is 4.29.